The second-order valence-electron chi connectivity index (χ2n) is 9.11. The van der Waals surface area contributed by atoms with Crippen molar-refractivity contribution in [1.29, 1.82) is 0 Å². The molecule has 2 aliphatic carbocycles. The lowest BCUT2D eigenvalue weighted by molar-refractivity contribution is -0.134. The van der Waals surface area contributed by atoms with Crippen LogP contribution in [0.3, 0.4) is 0 Å². The smallest absolute Gasteiger partial charge is 0.311 e. The van der Waals surface area contributed by atoms with Gasteiger partial charge in [-0.3, -0.25) is 4.79 Å². The summed E-state index contributed by atoms with van der Waals surface area (Å²) in [7, 11) is 0. The molecule has 0 aromatic heterocycles. The molecule has 2 N–H and O–H groups in total. The average Bonchev–Trinajstić information content (AvgIpc) is 3.27. The Balaban J connectivity index is 1.35. The van der Waals surface area contributed by atoms with Crippen LogP contribution >= 0.6 is 0 Å². The van der Waals surface area contributed by atoms with Gasteiger partial charge in [-0.2, -0.15) is 0 Å². The molecule has 31 heavy (non-hydrogen) atoms. The van der Waals surface area contributed by atoms with Gasteiger partial charge in [0, 0.05) is 18.9 Å². The van der Waals surface area contributed by atoms with Crippen molar-refractivity contribution in [3.63, 3.8) is 0 Å². The van der Waals surface area contributed by atoms with Crippen LogP contribution in [0.5, 0.6) is 5.75 Å². The Morgan fingerprint density at radius 1 is 1.16 bits per heavy atom. The number of unbranched alkanes of at least 4 members (excludes halogenated alkanes) is 2. The lowest BCUT2D eigenvalue weighted by atomic mass is 9.90. The third-order valence-electron chi connectivity index (χ3n) is 6.70. The Hall–Kier alpha value is -1.69. The normalized spacial score (nSPS) is 28.7. The van der Waals surface area contributed by atoms with Crippen molar-refractivity contribution in [3.05, 3.63) is 42.5 Å². The largest absolute Gasteiger partial charge is 0.427 e. The molecule has 172 valence electrons. The molecule has 2 saturated carbocycles. The summed E-state index contributed by atoms with van der Waals surface area (Å²) in [6.07, 6.45) is 11.2. The van der Waals surface area contributed by atoms with Crippen LogP contribution in [-0.4, -0.2) is 41.1 Å². The number of carbonyl (C=O) groups excluding carboxylic acids is 1. The van der Waals surface area contributed by atoms with Crippen molar-refractivity contribution in [2.24, 2.45) is 17.8 Å². The van der Waals surface area contributed by atoms with E-state index in [1.807, 2.05) is 30.4 Å². The second kappa shape index (κ2) is 12.4. The molecule has 3 rings (SSSR count). The molecule has 0 saturated heterocycles. The number of aliphatic hydroxyl groups is 2. The first-order valence-electron chi connectivity index (χ1n) is 12.0. The van der Waals surface area contributed by atoms with Gasteiger partial charge < -0.3 is 19.7 Å². The third-order valence-corrected chi connectivity index (χ3v) is 6.70. The standard InChI is InChI=1S/C26H38O5/c1-2-3-5-9-20(27)13-14-23-24-18-22(16-19(24)17-25(23)28)30-15-8-12-26(29)31-21-10-6-4-7-11-21/h4,6-7,10-11,13-14,19-20,22-25,27-28H,2-3,5,8-9,12,15-18H2,1H3/t19-,20?,22?,23-,24+,25-/m0/s1. The molecular weight excluding hydrogens is 392 g/mol. The van der Waals surface area contributed by atoms with E-state index in [4.69, 9.17) is 9.47 Å². The Labute approximate surface area is 186 Å². The van der Waals surface area contributed by atoms with Crippen LogP contribution in [0.1, 0.15) is 64.7 Å². The Morgan fingerprint density at radius 3 is 2.74 bits per heavy atom. The first-order valence-corrected chi connectivity index (χ1v) is 12.0. The van der Waals surface area contributed by atoms with E-state index in [0.717, 1.165) is 44.9 Å². The number of aliphatic hydroxyl groups excluding tert-OH is 2. The second-order valence-corrected chi connectivity index (χ2v) is 9.11. The summed E-state index contributed by atoms with van der Waals surface area (Å²) in [4.78, 5) is 11.9. The molecule has 0 aliphatic heterocycles. The SMILES string of the molecule is CCCCCC(O)C=C[C@H]1[C@@H]2CC(OCCCC(=O)Oc3ccccc3)C[C@H]2C[C@@H]1O. The maximum absolute atomic E-state index is 11.9. The third kappa shape index (κ3) is 7.44. The summed E-state index contributed by atoms with van der Waals surface area (Å²) in [5.41, 5.74) is 0. The predicted molar refractivity (Wildman–Crippen MR) is 121 cm³/mol. The summed E-state index contributed by atoms with van der Waals surface area (Å²) in [5, 5.41) is 20.6. The number of rotatable bonds is 12. The van der Waals surface area contributed by atoms with Gasteiger partial charge in [-0.05, 0) is 56.1 Å². The van der Waals surface area contributed by atoms with E-state index >= 15 is 0 Å². The zero-order chi connectivity index (χ0) is 22.1. The Morgan fingerprint density at radius 2 is 1.97 bits per heavy atom. The van der Waals surface area contributed by atoms with Crippen molar-refractivity contribution in [1.82, 2.24) is 0 Å². The van der Waals surface area contributed by atoms with Crippen LogP contribution in [0, 0.1) is 17.8 Å². The van der Waals surface area contributed by atoms with Crippen LogP contribution in [0.2, 0.25) is 0 Å². The number of hydrogen-bond acceptors (Lipinski definition) is 5. The summed E-state index contributed by atoms with van der Waals surface area (Å²) in [6, 6.07) is 9.12. The highest BCUT2D eigenvalue weighted by atomic mass is 16.5. The topological polar surface area (TPSA) is 76.0 Å². The van der Waals surface area contributed by atoms with Crippen molar-refractivity contribution in [3.8, 4) is 5.75 Å². The fourth-order valence-corrected chi connectivity index (χ4v) is 5.10. The highest BCUT2D eigenvalue weighted by molar-refractivity contribution is 5.72. The maximum Gasteiger partial charge on any atom is 0.311 e. The van der Waals surface area contributed by atoms with Gasteiger partial charge in [0.2, 0.25) is 0 Å². The number of benzene rings is 1. The van der Waals surface area contributed by atoms with Crippen LogP contribution in [0.25, 0.3) is 0 Å². The number of para-hydroxylation sites is 1. The number of ether oxygens (including phenoxy) is 2. The minimum atomic E-state index is -0.415. The molecule has 5 heteroatoms. The maximum atomic E-state index is 11.9. The first-order chi connectivity index (χ1) is 15.1. The summed E-state index contributed by atoms with van der Waals surface area (Å²) in [5.74, 6) is 1.35. The number of hydrogen-bond donors (Lipinski definition) is 2. The van der Waals surface area contributed by atoms with Crippen molar-refractivity contribution < 1.29 is 24.5 Å². The van der Waals surface area contributed by atoms with E-state index in [1.165, 1.54) is 0 Å². The fourth-order valence-electron chi connectivity index (χ4n) is 5.10. The van der Waals surface area contributed by atoms with E-state index < -0.39 is 6.10 Å². The average molecular weight is 431 g/mol. The van der Waals surface area contributed by atoms with E-state index in [2.05, 4.69) is 6.92 Å². The highest BCUT2D eigenvalue weighted by Gasteiger charge is 2.47. The molecule has 0 bridgehead atoms. The number of carbonyl (C=O) groups is 1. The van der Waals surface area contributed by atoms with E-state index in [-0.39, 0.29) is 24.1 Å². The van der Waals surface area contributed by atoms with Crippen molar-refractivity contribution in [2.45, 2.75) is 83.0 Å². The molecule has 1 aromatic rings. The van der Waals surface area contributed by atoms with Gasteiger partial charge >= 0.3 is 5.97 Å². The minimum absolute atomic E-state index is 0.111. The lowest BCUT2D eigenvalue weighted by Gasteiger charge is -2.19. The van der Waals surface area contributed by atoms with Crippen molar-refractivity contribution in [2.75, 3.05) is 6.61 Å². The van der Waals surface area contributed by atoms with Crippen LogP contribution in [0.15, 0.2) is 42.5 Å². The molecule has 1 aromatic carbocycles. The predicted octanol–water partition coefficient (Wildman–Crippen LogP) is 4.66. The van der Waals surface area contributed by atoms with Crippen molar-refractivity contribution >= 4 is 5.97 Å². The van der Waals surface area contributed by atoms with Crippen LogP contribution in [-0.2, 0) is 9.53 Å². The van der Waals surface area contributed by atoms with Gasteiger partial charge in [-0.15, -0.1) is 0 Å². The molecule has 2 unspecified atom stereocenters. The van der Waals surface area contributed by atoms with Gasteiger partial charge in [0.25, 0.3) is 0 Å². The molecular formula is C26H38O5. The molecule has 2 fully saturated rings. The molecule has 0 heterocycles. The minimum Gasteiger partial charge on any atom is -0.427 e. The summed E-state index contributed by atoms with van der Waals surface area (Å²) in [6.45, 7) is 2.71. The fraction of sp³-hybridized carbons (Fsp3) is 0.654. The highest BCUT2D eigenvalue weighted by Crippen LogP contribution is 2.49. The molecule has 0 radical (unpaired) electrons. The van der Waals surface area contributed by atoms with E-state index in [0.29, 0.717) is 37.0 Å². The van der Waals surface area contributed by atoms with E-state index in [9.17, 15) is 15.0 Å². The lowest BCUT2D eigenvalue weighted by Crippen LogP contribution is -2.20. The van der Waals surface area contributed by atoms with E-state index in [1.54, 1.807) is 12.1 Å². The van der Waals surface area contributed by atoms with Gasteiger partial charge in [0.1, 0.15) is 5.75 Å². The zero-order valence-corrected chi connectivity index (χ0v) is 18.7. The van der Waals surface area contributed by atoms with Gasteiger partial charge in [0.15, 0.2) is 0 Å². The molecule has 0 spiro atoms. The first kappa shape index (κ1) is 24.0. The Bertz CT molecular complexity index is 688. The quantitative estimate of drug-likeness (QED) is 0.218. The molecule has 5 nitrogen and oxygen atoms in total. The number of esters is 1. The zero-order valence-electron chi connectivity index (χ0n) is 18.7. The van der Waals surface area contributed by atoms with Gasteiger partial charge in [0.05, 0.1) is 18.3 Å². The van der Waals surface area contributed by atoms with Gasteiger partial charge in [-0.25, -0.2) is 0 Å². The number of fused-ring (bicyclic) bond motifs is 1. The van der Waals surface area contributed by atoms with Gasteiger partial charge in [-0.1, -0.05) is 56.5 Å². The molecule has 0 amide bonds. The molecule has 2 aliphatic rings. The van der Waals surface area contributed by atoms with Crippen LogP contribution in [0.4, 0.5) is 0 Å². The summed E-state index contributed by atoms with van der Waals surface area (Å²) < 4.78 is 11.4. The Kier molecular flexibility index (Phi) is 9.56. The summed E-state index contributed by atoms with van der Waals surface area (Å²) >= 11 is 0. The molecule has 6 atom stereocenters. The van der Waals surface area contributed by atoms with Crippen LogP contribution < -0.4 is 4.74 Å². The monoisotopic (exact) mass is 430 g/mol.